The highest BCUT2D eigenvalue weighted by Crippen LogP contribution is 2.28. The van der Waals surface area contributed by atoms with Crippen molar-refractivity contribution >= 4 is 27.7 Å². The van der Waals surface area contributed by atoms with Gasteiger partial charge in [0.1, 0.15) is 10.6 Å². The third-order valence-corrected chi connectivity index (χ3v) is 6.57. The first-order valence-electron chi connectivity index (χ1n) is 10.5. The normalized spacial score (nSPS) is 14.6. The van der Waals surface area contributed by atoms with Crippen molar-refractivity contribution in [2.24, 2.45) is 4.40 Å². The summed E-state index contributed by atoms with van der Waals surface area (Å²) in [6.07, 6.45) is 0.593. The lowest BCUT2D eigenvalue weighted by Crippen LogP contribution is -2.39. The van der Waals surface area contributed by atoms with Crippen molar-refractivity contribution in [3.05, 3.63) is 59.7 Å². The van der Waals surface area contributed by atoms with Crippen molar-refractivity contribution in [1.29, 1.82) is 0 Å². The molecule has 9 nitrogen and oxygen atoms in total. The fourth-order valence-corrected chi connectivity index (χ4v) is 4.71. The fraction of sp³-hybridized carbons (Fsp3) is 0.348. The Bertz CT molecular complexity index is 1180. The van der Waals surface area contributed by atoms with Crippen LogP contribution in [0.5, 0.6) is 5.75 Å². The van der Waals surface area contributed by atoms with Crippen LogP contribution < -0.4 is 10.1 Å². The molecule has 0 radical (unpaired) electrons. The van der Waals surface area contributed by atoms with Crippen molar-refractivity contribution in [1.82, 2.24) is 15.1 Å². The highest BCUT2D eigenvalue weighted by Gasteiger charge is 2.31. The maximum atomic E-state index is 12.8. The number of amidine groups is 1. The lowest BCUT2D eigenvalue weighted by molar-refractivity contribution is -0.130. The van der Waals surface area contributed by atoms with E-state index >= 15 is 0 Å². The summed E-state index contributed by atoms with van der Waals surface area (Å²) in [6, 6.07) is 13.4. The van der Waals surface area contributed by atoms with Crippen LogP contribution in [0.15, 0.2) is 57.8 Å². The molecular weight excluding hydrogens is 444 g/mol. The van der Waals surface area contributed by atoms with Gasteiger partial charge in [0.2, 0.25) is 5.91 Å². The number of amides is 2. The first kappa shape index (κ1) is 24.2. The van der Waals surface area contributed by atoms with Crippen LogP contribution in [0.3, 0.4) is 0 Å². The number of carbonyl (C=O) groups is 2. The third kappa shape index (κ3) is 5.51. The number of rotatable bonds is 8. The molecule has 1 aliphatic heterocycles. The minimum Gasteiger partial charge on any atom is -0.483 e. The molecule has 1 aliphatic rings. The third-order valence-electron chi connectivity index (χ3n) is 5.24. The molecule has 1 N–H and O–H groups in total. The Hall–Kier alpha value is -3.40. The Morgan fingerprint density at radius 2 is 1.73 bits per heavy atom. The lowest BCUT2D eigenvalue weighted by Gasteiger charge is -2.23. The molecule has 176 valence electrons. The average molecular weight is 473 g/mol. The summed E-state index contributed by atoms with van der Waals surface area (Å²) in [5.41, 5.74) is 1.23. The van der Waals surface area contributed by atoms with Crippen LogP contribution in [-0.4, -0.2) is 70.2 Å². The standard InChI is InChI=1S/C23H28N4O5S/c1-5-18(16-10-6-8-12-19(16)32-15-22(29)26(2)3)24-21(28)14-27(4)23-17-11-7-9-13-20(17)33(30,31)25-23/h6-13,18H,5,14-15H2,1-4H3,(H,24,28). The van der Waals surface area contributed by atoms with Crippen molar-refractivity contribution in [2.45, 2.75) is 24.3 Å². The molecule has 0 saturated heterocycles. The molecule has 0 aliphatic carbocycles. The van der Waals surface area contributed by atoms with Gasteiger partial charge in [-0.1, -0.05) is 37.3 Å². The van der Waals surface area contributed by atoms with Gasteiger partial charge in [-0.15, -0.1) is 4.40 Å². The number of para-hydroxylation sites is 1. The van der Waals surface area contributed by atoms with Gasteiger partial charge in [0.05, 0.1) is 12.6 Å². The Morgan fingerprint density at radius 1 is 1.06 bits per heavy atom. The number of likely N-dealkylation sites (N-methyl/N-ethyl adjacent to an activating group) is 2. The summed E-state index contributed by atoms with van der Waals surface area (Å²) in [5, 5.41) is 2.97. The summed E-state index contributed by atoms with van der Waals surface area (Å²) in [6.45, 7) is 1.74. The van der Waals surface area contributed by atoms with E-state index in [0.29, 0.717) is 17.7 Å². The molecule has 3 rings (SSSR count). The zero-order chi connectivity index (χ0) is 24.2. The van der Waals surface area contributed by atoms with Crippen LogP contribution in [0.2, 0.25) is 0 Å². The molecule has 2 aromatic carbocycles. The van der Waals surface area contributed by atoms with E-state index in [4.69, 9.17) is 4.74 Å². The smallest absolute Gasteiger partial charge is 0.285 e. The van der Waals surface area contributed by atoms with E-state index in [1.807, 2.05) is 19.1 Å². The topological polar surface area (TPSA) is 108 Å². The van der Waals surface area contributed by atoms with Crippen LogP contribution in [0.25, 0.3) is 0 Å². The van der Waals surface area contributed by atoms with E-state index in [1.54, 1.807) is 51.5 Å². The Kier molecular flexibility index (Phi) is 7.37. The van der Waals surface area contributed by atoms with E-state index in [0.717, 1.165) is 5.56 Å². The Balaban J connectivity index is 1.71. The largest absolute Gasteiger partial charge is 0.483 e. The molecule has 0 bridgehead atoms. The SMILES string of the molecule is CCC(NC(=O)CN(C)C1=NS(=O)(=O)c2ccccc21)c1ccccc1OCC(=O)N(C)C. The zero-order valence-electron chi connectivity index (χ0n) is 19.1. The number of nitrogens with one attached hydrogen (secondary N) is 1. The Morgan fingerprint density at radius 3 is 2.42 bits per heavy atom. The molecule has 0 spiro atoms. The average Bonchev–Trinajstić information content (AvgIpc) is 3.07. The minimum absolute atomic E-state index is 0.0820. The fourth-order valence-electron chi connectivity index (χ4n) is 3.46. The second-order valence-corrected chi connectivity index (χ2v) is 9.46. The van der Waals surface area contributed by atoms with Gasteiger partial charge in [-0.25, -0.2) is 0 Å². The molecule has 2 amide bonds. The monoisotopic (exact) mass is 472 g/mol. The minimum atomic E-state index is -3.76. The van der Waals surface area contributed by atoms with Crippen LogP contribution in [-0.2, 0) is 19.6 Å². The second-order valence-electron chi connectivity index (χ2n) is 7.89. The Labute approximate surface area is 194 Å². The van der Waals surface area contributed by atoms with Gasteiger partial charge in [0.15, 0.2) is 12.4 Å². The molecule has 0 aromatic heterocycles. The number of sulfonamides is 1. The lowest BCUT2D eigenvalue weighted by atomic mass is 10.0. The molecule has 1 heterocycles. The van der Waals surface area contributed by atoms with Gasteiger partial charge >= 0.3 is 0 Å². The van der Waals surface area contributed by atoms with Crippen LogP contribution in [0.1, 0.15) is 30.5 Å². The number of ether oxygens (including phenoxy) is 1. The molecule has 0 saturated carbocycles. The molecule has 1 unspecified atom stereocenters. The molecule has 0 fully saturated rings. The molecule has 1 atom stereocenters. The summed E-state index contributed by atoms with van der Waals surface area (Å²) in [7, 11) is 1.17. The highest BCUT2D eigenvalue weighted by molar-refractivity contribution is 7.90. The number of benzene rings is 2. The number of fused-ring (bicyclic) bond motifs is 1. The van der Waals surface area contributed by atoms with Gasteiger partial charge in [0.25, 0.3) is 15.9 Å². The number of hydrogen-bond donors (Lipinski definition) is 1. The van der Waals surface area contributed by atoms with E-state index in [-0.39, 0.29) is 41.7 Å². The predicted octanol–water partition coefficient (Wildman–Crippen LogP) is 1.80. The summed E-state index contributed by atoms with van der Waals surface area (Å²) >= 11 is 0. The van der Waals surface area contributed by atoms with Crippen molar-refractivity contribution in [3.8, 4) is 5.75 Å². The summed E-state index contributed by atoms with van der Waals surface area (Å²) in [4.78, 5) is 27.8. The van der Waals surface area contributed by atoms with Gasteiger partial charge < -0.3 is 19.9 Å². The quantitative estimate of drug-likeness (QED) is 0.628. The first-order chi connectivity index (χ1) is 15.6. The van der Waals surface area contributed by atoms with Crippen LogP contribution in [0.4, 0.5) is 0 Å². The number of nitrogens with zero attached hydrogens (tertiary/aromatic N) is 3. The molecular formula is C23H28N4O5S. The van der Waals surface area contributed by atoms with Crippen molar-refractivity contribution in [2.75, 3.05) is 34.3 Å². The molecule has 33 heavy (non-hydrogen) atoms. The van der Waals surface area contributed by atoms with Crippen LogP contribution in [0, 0.1) is 0 Å². The molecule has 2 aromatic rings. The van der Waals surface area contributed by atoms with E-state index in [1.165, 1.54) is 15.9 Å². The highest BCUT2D eigenvalue weighted by atomic mass is 32.2. The maximum Gasteiger partial charge on any atom is 0.285 e. The number of carbonyl (C=O) groups excluding carboxylic acids is 2. The second kappa shape index (κ2) is 10.0. The summed E-state index contributed by atoms with van der Waals surface area (Å²) < 4.78 is 34.1. The van der Waals surface area contributed by atoms with Crippen LogP contribution >= 0.6 is 0 Å². The predicted molar refractivity (Wildman–Crippen MR) is 125 cm³/mol. The van der Waals surface area contributed by atoms with Crippen molar-refractivity contribution in [3.63, 3.8) is 0 Å². The summed E-state index contributed by atoms with van der Waals surface area (Å²) in [5.74, 6) is 0.289. The van der Waals surface area contributed by atoms with Gasteiger partial charge in [-0.05, 0) is 24.6 Å². The number of hydrogen-bond acceptors (Lipinski definition) is 6. The first-order valence-corrected chi connectivity index (χ1v) is 11.9. The van der Waals surface area contributed by atoms with E-state index < -0.39 is 10.0 Å². The van der Waals surface area contributed by atoms with Gasteiger partial charge in [-0.3, -0.25) is 9.59 Å². The van der Waals surface area contributed by atoms with Crippen molar-refractivity contribution < 1.29 is 22.7 Å². The molecule has 10 heteroatoms. The zero-order valence-corrected chi connectivity index (χ0v) is 19.9. The van der Waals surface area contributed by atoms with E-state index in [2.05, 4.69) is 9.71 Å². The van der Waals surface area contributed by atoms with Gasteiger partial charge in [0, 0.05) is 32.3 Å². The van der Waals surface area contributed by atoms with Gasteiger partial charge in [-0.2, -0.15) is 8.42 Å². The maximum absolute atomic E-state index is 12.8. The van der Waals surface area contributed by atoms with E-state index in [9.17, 15) is 18.0 Å².